The van der Waals surface area contributed by atoms with Gasteiger partial charge in [-0.15, -0.1) is 12.4 Å². The molecule has 3 nitrogen and oxygen atoms in total. The number of nitrogens with one attached hydrogen (secondary N) is 2. The molecule has 1 aliphatic heterocycles. The van der Waals surface area contributed by atoms with Gasteiger partial charge in [0.2, 0.25) is 5.91 Å². The first-order valence-corrected chi connectivity index (χ1v) is 7.84. The fraction of sp³-hybridized carbons (Fsp3) is 0.588. The van der Waals surface area contributed by atoms with Crippen molar-refractivity contribution >= 4 is 18.3 Å². The standard InChI is InChI=1S/C17H24N2O.ClH/c1-12-11-18-10-9-16(12)19-17(20)15-8-4-6-13-5-2-3-7-14(13)15;/h2-3,5,7,12,15-16,18H,4,6,8-11H2,1H3,(H,19,20);1H. The fourth-order valence-corrected chi connectivity index (χ4v) is 3.54. The van der Waals surface area contributed by atoms with Crippen LogP contribution in [-0.2, 0) is 11.2 Å². The zero-order valence-electron chi connectivity index (χ0n) is 12.6. The molecule has 1 aromatic carbocycles. The second-order valence-electron chi connectivity index (χ2n) is 6.23. The van der Waals surface area contributed by atoms with Crippen LogP contribution in [0.2, 0.25) is 0 Å². The highest BCUT2D eigenvalue weighted by atomic mass is 35.5. The average molecular weight is 309 g/mol. The number of carbonyl (C=O) groups is 1. The largest absolute Gasteiger partial charge is 0.352 e. The first-order chi connectivity index (χ1) is 9.75. The molecule has 4 heteroatoms. The minimum Gasteiger partial charge on any atom is -0.352 e. The van der Waals surface area contributed by atoms with Crippen LogP contribution < -0.4 is 10.6 Å². The van der Waals surface area contributed by atoms with E-state index in [-0.39, 0.29) is 24.2 Å². The molecule has 0 aromatic heterocycles. The number of fused-ring (bicyclic) bond motifs is 1. The highest BCUT2D eigenvalue weighted by Gasteiger charge is 2.29. The van der Waals surface area contributed by atoms with Gasteiger partial charge in [-0.25, -0.2) is 0 Å². The van der Waals surface area contributed by atoms with Gasteiger partial charge in [0.15, 0.2) is 0 Å². The maximum atomic E-state index is 12.6. The molecule has 1 aromatic rings. The highest BCUT2D eigenvalue weighted by molar-refractivity contribution is 5.85. The summed E-state index contributed by atoms with van der Waals surface area (Å²) in [6.07, 6.45) is 4.27. The summed E-state index contributed by atoms with van der Waals surface area (Å²) in [7, 11) is 0. The number of rotatable bonds is 2. The lowest BCUT2D eigenvalue weighted by Crippen LogP contribution is -2.49. The first kappa shape index (κ1) is 16.3. The molecule has 0 saturated carbocycles. The van der Waals surface area contributed by atoms with E-state index in [1.54, 1.807) is 0 Å². The number of benzene rings is 1. The lowest BCUT2D eigenvalue weighted by atomic mass is 9.82. The van der Waals surface area contributed by atoms with Crippen molar-refractivity contribution in [2.24, 2.45) is 5.92 Å². The van der Waals surface area contributed by atoms with Crippen molar-refractivity contribution < 1.29 is 4.79 Å². The highest BCUT2D eigenvalue weighted by Crippen LogP contribution is 2.31. The second-order valence-corrected chi connectivity index (χ2v) is 6.23. The van der Waals surface area contributed by atoms with E-state index in [1.165, 1.54) is 11.1 Å². The van der Waals surface area contributed by atoms with Crippen LogP contribution in [-0.4, -0.2) is 25.0 Å². The summed E-state index contributed by atoms with van der Waals surface area (Å²) in [5.41, 5.74) is 2.61. The number of piperidine rings is 1. The molecule has 1 aliphatic carbocycles. The molecule has 1 saturated heterocycles. The summed E-state index contributed by atoms with van der Waals surface area (Å²) in [6, 6.07) is 8.76. The maximum Gasteiger partial charge on any atom is 0.227 e. The molecule has 0 spiro atoms. The number of amides is 1. The summed E-state index contributed by atoms with van der Waals surface area (Å²) < 4.78 is 0. The van der Waals surface area contributed by atoms with Crippen molar-refractivity contribution in [2.75, 3.05) is 13.1 Å². The van der Waals surface area contributed by atoms with Crippen molar-refractivity contribution in [1.29, 1.82) is 0 Å². The second kappa shape index (κ2) is 7.28. The van der Waals surface area contributed by atoms with E-state index in [4.69, 9.17) is 0 Å². The van der Waals surface area contributed by atoms with Crippen LogP contribution in [0.15, 0.2) is 24.3 Å². The molecule has 2 N–H and O–H groups in total. The van der Waals surface area contributed by atoms with Gasteiger partial charge in [0.25, 0.3) is 0 Å². The van der Waals surface area contributed by atoms with E-state index in [1.807, 2.05) is 0 Å². The molecular weight excluding hydrogens is 284 g/mol. The number of halogens is 1. The van der Waals surface area contributed by atoms with Gasteiger partial charge in [-0.05, 0) is 55.8 Å². The quantitative estimate of drug-likeness (QED) is 0.882. The van der Waals surface area contributed by atoms with Crippen LogP contribution in [0, 0.1) is 5.92 Å². The zero-order chi connectivity index (χ0) is 13.9. The lowest BCUT2D eigenvalue weighted by molar-refractivity contribution is -0.124. The van der Waals surface area contributed by atoms with E-state index in [2.05, 4.69) is 41.8 Å². The van der Waals surface area contributed by atoms with E-state index in [0.717, 1.165) is 38.8 Å². The molecule has 3 atom stereocenters. The van der Waals surface area contributed by atoms with Crippen LogP contribution in [0.1, 0.15) is 43.2 Å². The predicted molar refractivity (Wildman–Crippen MR) is 88.0 cm³/mol. The van der Waals surface area contributed by atoms with Gasteiger partial charge in [-0.3, -0.25) is 4.79 Å². The summed E-state index contributed by atoms with van der Waals surface area (Å²) in [5, 5.41) is 6.68. The minimum absolute atomic E-state index is 0. The Hall–Kier alpha value is -1.06. The average Bonchev–Trinajstić information content (AvgIpc) is 2.49. The molecule has 2 aliphatic rings. The van der Waals surface area contributed by atoms with Crippen LogP contribution in [0.3, 0.4) is 0 Å². The molecule has 116 valence electrons. The molecule has 3 rings (SSSR count). The van der Waals surface area contributed by atoms with Crippen molar-refractivity contribution in [3.63, 3.8) is 0 Å². The van der Waals surface area contributed by atoms with Crippen molar-refractivity contribution in [2.45, 2.75) is 44.6 Å². The number of carbonyl (C=O) groups excluding carboxylic acids is 1. The van der Waals surface area contributed by atoms with E-state index in [0.29, 0.717) is 12.0 Å². The van der Waals surface area contributed by atoms with Crippen molar-refractivity contribution in [1.82, 2.24) is 10.6 Å². The fourth-order valence-electron chi connectivity index (χ4n) is 3.54. The number of hydrogen-bond donors (Lipinski definition) is 2. The van der Waals surface area contributed by atoms with Crippen molar-refractivity contribution in [3.05, 3.63) is 35.4 Å². The Morgan fingerprint density at radius 3 is 2.90 bits per heavy atom. The smallest absolute Gasteiger partial charge is 0.227 e. The Bertz CT molecular complexity index is 491. The number of aryl methyl sites for hydroxylation is 1. The Labute approximate surface area is 133 Å². The van der Waals surface area contributed by atoms with Crippen LogP contribution >= 0.6 is 12.4 Å². The van der Waals surface area contributed by atoms with Gasteiger partial charge < -0.3 is 10.6 Å². The Morgan fingerprint density at radius 1 is 1.29 bits per heavy atom. The van der Waals surface area contributed by atoms with Gasteiger partial charge in [0.05, 0.1) is 5.92 Å². The molecular formula is C17H25ClN2O. The molecule has 1 fully saturated rings. The van der Waals surface area contributed by atoms with Gasteiger partial charge in [0.1, 0.15) is 0 Å². The molecule has 0 bridgehead atoms. The monoisotopic (exact) mass is 308 g/mol. The minimum atomic E-state index is 0. The van der Waals surface area contributed by atoms with Gasteiger partial charge in [-0.1, -0.05) is 31.2 Å². The summed E-state index contributed by atoms with van der Waals surface area (Å²) >= 11 is 0. The van der Waals surface area contributed by atoms with Gasteiger partial charge in [-0.2, -0.15) is 0 Å². The molecule has 21 heavy (non-hydrogen) atoms. The van der Waals surface area contributed by atoms with Gasteiger partial charge in [0, 0.05) is 6.04 Å². The molecule has 3 unspecified atom stereocenters. The summed E-state index contributed by atoms with van der Waals surface area (Å²) in [6.45, 7) is 4.23. The first-order valence-electron chi connectivity index (χ1n) is 7.84. The van der Waals surface area contributed by atoms with Crippen LogP contribution in [0.4, 0.5) is 0 Å². The van der Waals surface area contributed by atoms with E-state index < -0.39 is 0 Å². The number of hydrogen-bond acceptors (Lipinski definition) is 2. The molecule has 0 radical (unpaired) electrons. The van der Waals surface area contributed by atoms with Gasteiger partial charge >= 0.3 is 0 Å². The summed E-state index contributed by atoms with van der Waals surface area (Å²) in [5.74, 6) is 0.810. The lowest BCUT2D eigenvalue weighted by Gasteiger charge is -2.32. The van der Waals surface area contributed by atoms with E-state index >= 15 is 0 Å². The Morgan fingerprint density at radius 2 is 2.10 bits per heavy atom. The third-order valence-corrected chi connectivity index (χ3v) is 4.80. The Kier molecular flexibility index (Phi) is 5.65. The summed E-state index contributed by atoms with van der Waals surface area (Å²) in [4.78, 5) is 12.6. The zero-order valence-corrected chi connectivity index (χ0v) is 13.4. The Balaban J connectivity index is 0.00000161. The third kappa shape index (κ3) is 3.58. The third-order valence-electron chi connectivity index (χ3n) is 4.80. The maximum absolute atomic E-state index is 12.6. The van der Waals surface area contributed by atoms with Crippen LogP contribution in [0.5, 0.6) is 0 Å². The van der Waals surface area contributed by atoms with Crippen LogP contribution in [0.25, 0.3) is 0 Å². The topological polar surface area (TPSA) is 41.1 Å². The SMILES string of the molecule is CC1CNCCC1NC(=O)C1CCCc2ccccc21.Cl. The molecule has 1 heterocycles. The van der Waals surface area contributed by atoms with Crippen molar-refractivity contribution in [3.8, 4) is 0 Å². The predicted octanol–water partition coefficient (Wildman–Crippen LogP) is 2.64. The normalized spacial score (nSPS) is 28.1. The van der Waals surface area contributed by atoms with E-state index in [9.17, 15) is 4.79 Å². The molecule has 1 amide bonds.